The number of rotatable bonds is 4. The molecular formula is C16H22N2O. The minimum absolute atomic E-state index is 0.0864. The molecule has 0 atom stereocenters. The summed E-state index contributed by atoms with van der Waals surface area (Å²) in [5, 5.41) is 3.34. The molecule has 0 aliphatic carbocycles. The first-order valence-electron chi connectivity index (χ1n) is 6.88. The fourth-order valence-electron chi connectivity index (χ4n) is 2.45. The molecule has 0 saturated carbocycles. The number of fused-ring (bicyclic) bond motifs is 1. The van der Waals surface area contributed by atoms with Gasteiger partial charge in [-0.25, -0.2) is 0 Å². The van der Waals surface area contributed by atoms with Crippen molar-refractivity contribution in [2.75, 3.05) is 13.1 Å². The number of nitrogens with zero attached hydrogens (tertiary/aromatic N) is 1. The zero-order valence-corrected chi connectivity index (χ0v) is 11.8. The van der Waals surface area contributed by atoms with Gasteiger partial charge in [0.2, 0.25) is 0 Å². The van der Waals surface area contributed by atoms with E-state index in [4.69, 9.17) is 0 Å². The summed E-state index contributed by atoms with van der Waals surface area (Å²) >= 11 is 0. The van der Waals surface area contributed by atoms with Gasteiger partial charge in [0.25, 0.3) is 5.91 Å². The van der Waals surface area contributed by atoms with E-state index < -0.39 is 0 Å². The van der Waals surface area contributed by atoms with Gasteiger partial charge in [-0.2, -0.15) is 0 Å². The van der Waals surface area contributed by atoms with Crippen molar-refractivity contribution in [1.29, 1.82) is 0 Å². The molecular weight excluding hydrogens is 236 g/mol. The Morgan fingerprint density at radius 2 is 2.26 bits per heavy atom. The standard InChI is InChI=1S/C16H22N2O/c1-4-9-18(12(2)3)16(19)14-6-5-13-7-8-17-11-15(13)10-14/h4-6,10,12,17H,1,7-9,11H2,2-3H3. The van der Waals surface area contributed by atoms with Crippen LogP contribution in [0.25, 0.3) is 0 Å². The van der Waals surface area contributed by atoms with Gasteiger partial charge in [0.05, 0.1) is 0 Å². The van der Waals surface area contributed by atoms with Crippen molar-refractivity contribution in [1.82, 2.24) is 10.2 Å². The van der Waals surface area contributed by atoms with E-state index >= 15 is 0 Å². The topological polar surface area (TPSA) is 32.3 Å². The van der Waals surface area contributed by atoms with Gasteiger partial charge in [0.1, 0.15) is 0 Å². The molecule has 1 amide bonds. The lowest BCUT2D eigenvalue weighted by Crippen LogP contribution is -2.37. The molecule has 2 rings (SSSR count). The Morgan fingerprint density at radius 1 is 1.47 bits per heavy atom. The number of hydrogen-bond acceptors (Lipinski definition) is 2. The highest BCUT2D eigenvalue weighted by Gasteiger charge is 2.19. The van der Waals surface area contributed by atoms with Gasteiger partial charge < -0.3 is 10.2 Å². The molecule has 1 N–H and O–H groups in total. The third kappa shape index (κ3) is 3.04. The highest BCUT2D eigenvalue weighted by atomic mass is 16.2. The lowest BCUT2D eigenvalue weighted by atomic mass is 9.98. The number of carbonyl (C=O) groups excluding carboxylic acids is 1. The smallest absolute Gasteiger partial charge is 0.254 e. The summed E-state index contributed by atoms with van der Waals surface area (Å²) in [7, 11) is 0. The maximum atomic E-state index is 12.5. The van der Waals surface area contributed by atoms with Crippen molar-refractivity contribution in [3.63, 3.8) is 0 Å². The van der Waals surface area contributed by atoms with E-state index in [0.717, 1.165) is 25.1 Å². The molecule has 3 nitrogen and oxygen atoms in total. The number of nitrogens with one attached hydrogen (secondary N) is 1. The van der Waals surface area contributed by atoms with Gasteiger partial charge in [-0.3, -0.25) is 4.79 Å². The van der Waals surface area contributed by atoms with Gasteiger partial charge in [0.15, 0.2) is 0 Å². The first-order valence-corrected chi connectivity index (χ1v) is 6.88. The largest absolute Gasteiger partial charge is 0.333 e. The first-order chi connectivity index (χ1) is 9.13. The number of carbonyl (C=O) groups is 1. The molecule has 0 saturated heterocycles. The van der Waals surface area contributed by atoms with E-state index in [1.54, 1.807) is 6.08 Å². The highest BCUT2D eigenvalue weighted by molar-refractivity contribution is 5.94. The van der Waals surface area contributed by atoms with Crippen molar-refractivity contribution < 1.29 is 4.79 Å². The Labute approximate surface area is 115 Å². The average molecular weight is 258 g/mol. The normalized spacial score (nSPS) is 14.1. The number of benzene rings is 1. The maximum absolute atomic E-state index is 12.5. The predicted molar refractivity (Wildman–Crippen MR) is 78.2 cm³/mol. The van der Waals surface area contributed by atoms with Crippen LogP contribution in [0.5, 0.6) is 0 Å². The Balaban J connectivity index is 2.25. The number of hydrogen-bond donors (Lipinski definition) is 1. The fourth-order valence-corrected chi connectivity index (χ4v) is 2.45. The number of amides is 1. The molecule has 0 bridgehead atoms. The van der Waals surface area contributed by atoms with Crippen molar-refractivity contribution >= 4 is 5.91 Å². The van der Waals surface area contributed by atoms with Crippen LogP contribution in [0.15, 0.2) is 30.9 Å². The van der Waals surface area contributed by atoms with Crippen LogP contribution in [0.4, 0.5) is 0 Å². The molecule has 1 aromatic carbocycles. The van der Waals surface area contributed by atoms with Crippen LogP contribution in [-0.2, 0) is 13.0 Å². The van der Waals surface area contributed by atoms with Crippen molar-refractivity contribution in [2.45, 2.75) is 32.9 Å². The second-order valence-electron chi connectivity index (χ2n) is 5.25. The molecule has 1 aliphatic heterocycles. The first kappa shape index (κ1) is 13.8. The molecule has 3 heteroatoms. The van der Waals surface area contributed by atoms with Gasteiger partial charge in [0, 0.05) is 24.7 Å². The summed E-state index contributed by atoms with van der Waals surface area (Å²) < 4.78 is 0. The molecule has 0 fully saturated rings. The molecule has 1 heterocycles. The van der Waals surface area contributed by atoms with Crippen LogP contribution >= 0.6 is 0 Å². The van der Waals surface area contributed by atoms with Crippen molar-refractivity contribution in [3.8, 4) is 0 Å². The van der Waals surface area contributed by atoms with E-state index in [1.807, 2.05) is 30.9 Å². The van der Waals surface area contributed by atoms with Crippen molar-refractivity contribution in [2.24, 2.45) is 0 Å². The third-order valence-corrected chi connectivity index (χ3v) is 3.55. The SMILES string of the molecule is C=CCN(C(=O)c1ccc2c(c1)CNCC2)C(C)C. The summed E-state index contributed by atoms with van der Waals surface area (Å²) in [5.41, 5.74) is 3.38. The van der Waals surface area contributed by atoms with Gasteiger partial charge >= 0.3 is 0 Å². The van der Waals surface area contributed by atoms with Crippen LogP contribution in [0.3, 0.4) is 0 Å². The summed E-state index contributed by atoms with van der Waals surface area (Å²) in [6.45, 7) is 10.3. The van der Waals surface area contributed by atoms with Crippen LogP contribution in [-0.4, -0.2) is 29.9 Å². The fraction of sp³-hybridized carbons (Fsp3) is 0.438. The molecule has 102 valence electrons. The predicted octanol–water partition coefficient (Wildman–Crippen LogP) is 2.37. The molecule has 0 aromatic heterocycles. The zero-order chi connectivity index (χ0) is 13.8. The van der Waals surface area contributed by atoms with Gasteiger partial charge in [-0.1, -0.05) is 12.1 Å². The quantitative estimate of drug-likeness (QED) is 0.841. The average Bonchev–Trinajstić information content (AvgIpc) is 2.43. The highest BCUT2D eigenvalue weighted by Crippen LogP contribution is 2.18. The lowest BCUT2D eigenvalue weighted by molar-refractivity contribution is 0.0728. The summed E-state index contributed by atoms with van der Waals surface area (Å²) in [4.78, 5) is 14.4. The van der Waals surface area contributed by atoms with Crippen LogP contribution in [0.2, 0.25) is 0 Å². The minimum atomic E-state index is 0.0864. The minimum Gasteiger partial charge on any atom is -0.333 e. The molecule has 1 aliphatic rings. The summed E-state index contributed by atoms with van der Waals surface area (Å²) in [5.74, 6) is 0.0864. The molecule has 0 spiro atoms. The molecule has 0 unspecified atom stereocenters. The third-order valence-electron chi connectivity index (χ3n) is 3.55. The van der Waals surface area contributed by atoms with E-state index in [-0.39, 0.29) is 11.9 Å². The van der Waals surface area contributed by atoms with E-state index in [1.165, 1.54) is 11.1 Å². The van der Waals surface area contributed by atoms with Crippen LogP contribution in [0.1, 0.15) is 35.3 Å². The lowest BCUT2D eigenvalue weighted by Gasteiger charge is -2.26. The summed E-state index contributed by atoms with van der Waals surface area (Å²) in [6.07, 6.45) is 2.82. The molecule has 1 aromatic rings. The van der Waals surface area contributed by atoms with Gasteiger partial charge in [-0.15, -0.1) is 6.58 Å². The van der Waals surface area contributed by atoms with Crippen molar-refractivity contribution in [3.05, 3.63) is 47.5 Å². The maximum Gasteiger partial charge on any atom is 0.254 e. The summed E-state index contributed by atoms with van der Waals surface area (Å²) in [6, 6.07) is 6.25. The van der Waals surface area contributed by atoms with Crippen LogP contribution in [0, 0.1) is 0 Å². The second kappa shape index (κ2) is 6.02. The Bertz CT molecular complexity index is 480. The Morgan fingerprint density at radius 3 is 2.95 bits per heavy atom. The molecule has 0 radical (unpaired) electrons. The Hall–Kier alpha value is -1.61. The second-order valence-corrected chi connectivity index (χ2v) is 5.25. The monoisotopic (exact) mass is 258 g/mol. The van der Waals surface area contributed by atoms with Crippen LogP contribution < -0.4 is 5.32 Å². The van der Waals surface area contributed by atoms with E-state index in [0.29, 0.717) is 6.54 Å². The van der Waals surface area contributed by atoms with E-state index in [9.17, 15) is 4.79 Å². The molecule has 19 heavy (non-hydrogen) atoms. The Kier molecular flexibility index (Phi) is 4.38. The van der Waals surface area contributed by atoms with E-state index in [2.05, 4.69) is 18.0 Å². The van der Waals surface area contributed by atoms with Gasteiger partial charge in [-0.05, 0) is 50.1 Å². The zero-order valence-electron chi connectivity index (χ0n) is 11.8.